The van der Waals surface area contributed by atoms with E-state index in [1.165, 1.54) is 0 Å². The number of rotatable bonds is 7. The van der Waals surface area contributed by atoms with Gasteiger partial charge in [0.1, 0.15) is 5.75 Å². The van der Waals surface area contributed by atoms with Crippen LogP contribution < -0.4 is 10.1 Å². The van der Waals surface area contributed by atoms with Crippen LogP contribution in [0.2, 0.25) is 10.0 Å². The second kappa shape index (κ2) is 9.46. The molecule has 2 amide bonds. The topological polar surface area (TPSA) is 58.6 Å². The Morgan fingerprint density at radius 3 is 2.31 bits per heavy atom. The van der Waals surface area contributed by atoms with Crippen molar-refractivity contribution in [1.82, 2.24) is 4.90 Å². The van der Waals surface area contributed by atoms with E-state index in [0.717, 1.165) is 0 Å². The molecule has 0 aromatic heterocycles. The molecular weight excluding hydrogens is 375 g/mol. The van der Waals surface area contributed by atoms with E-state index in [9.17, 15) is 9.59 Å². The lowest BCUT2D eigenvalue weighted by Crippen LogP contribution is -2.30. The number of hydrogen-bond donors (Lipinski definition) is 1. The molecule has 0 aliphatic rings. The fourth-order valence-corrected chi connectivity index (χ4v) is 2.67. The smallest absolute Gasteiger partial charge is 0.262 e. The van der Waals surface area contributed by atoms with Crippen molar-refractivity contribution in [2.24, 2.45) is 0 Å². The number of amides is 2. The first-order valence-corrected chi connectivity index (χ1v) is 8.97. The van der Waals surface area contributed by atoms with E-state index in [1.807, 2.05) is 13.8 Å². The first-order chi connectivity index (χ1) is 12.5. The third-order valence-corrected chi connectivity index (χ3v) is 4.57. The summed E-state index contributed by atoms with van der Waals surface area (Å²) >= 11 is 11.9. The lowest BCUT2D eigenvalue weighted by atomic mass is 10.2. The molecule has 138 valence electrons. The van der Waals surface area contributed by atoms with Gasteiger partial charge >= 0.3 is 0 Å². The highest BCUT2D eigenvalue weighted by Gasteiger charge is 2.13. The zero-order valence-electron chi connectivity index (χ0n) is 14.6. The molecule has 2 aromatic carbocycles. The zero-order valence-corrected chi connectivity index (χ0v) is 16.1. The van der Waals surface area contributed by atoms with Crippen LogP contribution in [0.5, 0.6) is 5.75 Å². The van der Waals surface area contributed by atoms with Crippen molar-refractivity contribution in [2.45, 2.75) is 13.8 Å². The quantitative estimate of drug-likeness (QED) is 0.752. The van der Waals surface area contributed by atoms with E-state index in [1.54, 1.807) is 47.4 Å². The number of nitrogens with zero attached hydrogens (tertiary/aromatic N) is 1. The Bertz CT molecular complexity index is 775. The molecule has 1 N–H and O–H groups in total. The normalized spacial score (nSPS) is 10.3. The monoisotopic (exact) mass is 394 g/mol. The lowest BCUT2D eigenvalue weighted by molar-refractivity contribution is -0.118. The van der Waals surface area contributed by atoms with E-state index in [2.05, 4.69) is 5.32 Å². The largest absolute Gasteiger partial charge is 0.484 e. The number of anilines is 1. The molecule has 0 heterocycles. The molecule has 0 aliphatic heterocycles. The highest BCUT2D eigenvalue weighted by Crippen LogP contribution is 2.29. The van der Waals surface area contributed by atoms with Crippen LogP contribution in [-0.4, -0.2) is 36.4 Å². The summed E-state index contributed by atoms with van der Waals surface area (Å²) in [5.74, 6) is 0.0980. The van der Waals surface area contributed by atoms with Gasteiger partial charge in [0.15, 0.2) is 6.61 Å². The summed E-state index contributed by atoms with van der Waals surface area (Å²) in [5.41, 5.74) is 1.00. The van der Waals surface area contributed by atoms with Crippen molar-refractivity contribution < 1.29 is 14.3 Å². The fraction of sp³-hybridized carbons (Fsp3) is 0.263. The molecule has 0 spiro atoms. The third kappa shape index (κ3) is 5.13. The standard InChI is InChI=1S/C19H20Cl2N2O3/c1-3-23(4-2)19(25)13-8-10-14(11-9-13)26-12-17(24)22-16-7-5-6-15(20)18(16)21/h5-11H,3-4,12H2,1-2H3,(H,22,24). The van der Waals surface area contributed by atoms with Crippen LogP contribution in [0.3, 0.4) is 0 Å². The van der Waals surface area contributed by atoms with Crippen molar-refractivity contribution in [2.75, 3.05) is 25.0 Å². The van der Waals surface area contributed by atoms with Gasteiger partial charge in [-0.1, -0.05) is 29.3 Å². The molecule has 0 fully saturated rings. The van der Waals surface area contributed by atoms with Crippen LogP contribution in [0.1, 0.15) is 24.2 Å². The predicted octanol–water partition coefficient (Wildman–Crippen LogP) is 4.49. The molecule has 0 saturated heterocycles. The summed E-state index contributed by atoms with van der Waals surface area (Å²) in [6, 6.07) is 11.7. The minimum Gasteiger partial charge on any atom is -0.484 e. The van der Waals surface area contributed by atoms with Crippen molar-refractivity contribution >= 4 is 40.7 Å². The van der Waals surface area contributed by atoms with Gasteiger partial charge < -0.3 is 15.0 Å². The molecule has 2 rings (SSSR count). The lowest BCUT2D eigenvalue weighted by Gasteiger charge is -2.18. The Balaban J connectivity index is 1.92. The van der Waals surface area contributed by atoms with Gasteiger partial charge in [-0.3, -0.25) is 9.59 Å². The Morgan fingerprint density at radius 1 is 1.04 bits per heavy atom. The maximum Gasteiger partial charge on any atom is 0.262 e. The van der Waals surface area contributed by atoms with Gasteiger partial charge in [-0.05, 0) is 50.2 Å². The van der Waals surface area contributed by atoms with E-state index < -0.39 is 0 Å². The van der Waals surface area contributed by atoms with E-state index in [4.69, 9.17) is 27.9 Å². The van der Waals surface area contributed by atoms with E-state index >= 15 is 0 Å². The number of carbonyl (C=O) groups is 2. The second-order valence-electron chi connectivity index (χ2n) is 5.44. The SMILES string of the molecule is CCN(CC)C(=O)c1ccc(OCC(=O)Nc2cccc(Cl)c2Cl)cc1. The molecule has 0 aliphatic carbocycles. The number of hydrogen-bond acceptors (Lipinski definition) is 3. The van der Waals surface area contributed by atoms with Gasteiger partial charge in [0.25, 0.3) is 11.8 Å². The van der Waals surface area contributed by atoms with E-state index in [0.29, 0.717) is 35.1 Å². The number of carbonyl (C=O) groups excluding carboxylic acids is 2. The number of nitrogens with one attached hydrogen (secondary N) is 1. The molecule has 0 atom stereocenters. The van der Waals surface area contributed by atoms with Gasteiger partial charge in [-0.15, -0.1) is 0 Å². The van der Waals surface area contributed by atoms with Crippen molar-refractivity contribution in [3.63, 3.8) is 0 Å². The van der Waals surface area contributed by atoms with Gasteiger partial charge in [0, 0.05) is 18.7 Å². The first kappa shape index (κ1) is 20.1. The summed E-state index contributed by atoms with van der Waals surface area (Å²) in [5, 5.41) is 3.28. The molecule has 0 bridgehead atoms. The zero-order chi connectivity index (χ0) is 19.1. The Labute approximate surface area is 162 Å². The van der Waals surface area contributed by atoms with Crippen LogP contribution in [0.15, 0.2) is 42.5 Å². The summed E-state index contributed by atoms with van der Waals surface area (Å²) in [6.45, 7) is 4.99. The van der Waals surface area contributed by atoms with Gasteiger partial charge in [0.2, 0.25) is 0 Å². The summed E-state index contributed by atoms with van der Waals surface area (Å²) in [6.07, 6.45) is 0. The van der Waals surface area contributed by atoms with Crippen LogP contribution in [0, 0.1) is 0 Å². The molecular formula is C19H20Cl2N2O3. The van der Waals surface area contributed by atoms with Gasteiger partial charge in [-0.25, -0.2) is 0 Å². The van der Waals surface area contributed by atoms with Gasteiger partial charge in [0.05, 0.1) is 15.7 Å². The molecule has 0 saturated carbocycles. The predicted molar refractivity (Wildman–Crippen MR) is 104 cm³/mol. The molecule has 5 nitrogen and oxygen atoms in total. The van der Waals surface area contributed by atoms with Crippen LogP contribution >= 0.6 is 23.2 Å². The maximum atomic E-state index is 12.2. The molecule has 26 heavy (non-hydrogen) atoms. The van der Waals surface area contributed by atoms with Crippen molar-refractivity contribution in [3.05, 3.63) is 58.1 Å². The van der Waals surface area contributed by atoms with E-state index in [-0.39, 0.29) is 23.4 Å². The Morgan fingerprint density at radius 2 is 1.69 bits per heavy atom. The molecule has 2 aromatic rings. The second-order valence-corrected chi connectivity index (χ2v) is 6.23. The number of ether oxygens (including phenoxy) is 1. The molecule has 7 heteroatoms. The third-order valence-electron chi connectivity index (χ3n) is 3.75. The summed E-state index contributed by atoms with van der Waals surface area (Å²) in [7, 11) is 0. The minimum atomic E-state index is -0.363. The van der Waals surface area contributed by atoms with Crippen molar-refractivity contribution in [3.8, 4) is 5.75 Å². The Kier molecular flexibility index (Phi) is 7.30. The molecule has 0 unspecified atom stereocenters. The average molecular weight is 395 g/mol. The van der Waals surface area contributed by atoms with Crippen LogP contribution in [0.25, 0.3) is 0 Å². The Hall–Kier alpha value is -2.24. The van der Waals surface area contributed by atoms with Gasteiger partial charge in [-0.2, -0.15) is 0 Å². The van der Waals surface area contributed by atoms with Crippen LogP contribution in [0.4, 0.5) is 5.69 Å². The number of halogens is 2. The summed E-state index contributed by atoms with van der Waals surface area (Å²) < 4.78 is 5.44. The summed E-state index contributed by atoms with van der Waals surface area (Å²) in [4.78, 5) is 26.0. The van der Waals surface area contributed by atoms with Crippen molar-refractivity contribution in [1.29, 1.82) is 0 Å². The van der Waals surface area contributed by atoms with Crippen LogP contribution in [-0.2, 0) is 4.79 Å². The number of benzene rings is 2. The fourth-order valence-electron chi connectivity index (χ4n) is 2.32. The maximum absolute atomic E-state index is 12.2. The first-order valence-electron chi connectivity index (χ1n) is 8.22. The average Bonchev–Trinajstić information content (AvgIpc) is 2.65. The molecule has 0 radical (unpaired) electrons. The minimum absolute atomic E-state index is 0.0325. The highest BCUT2D eigenvalue weighted by molar-refractivity contribution is 6.44. The highest BCUT2D eigenvalue weighted by atomic mass is 35.5.